The Labute approximate surface area is 82.5 Å². The summed E-state index contributed by atoms with van der Waals surface area (Å²) >= 11 is 0. The first-order valence-electron chi connectivity index (χ1n) is 5.30. The maximum absolute atomic E-state index is 5.23. The van der Waals surface area contributed by atoms with Crippen LogP contribution in [0, 0.1) is 17.8 Å². The summed E-state index contributed by atoms with van der Waals surface area (Å²) < 4.78 is 0. The van der Waals surface area contributed by atoms with Crippen LogP contribution in [0.15, 0.2) is 0 Å². The number of hydrogen-bond donors (Lipinski definition) is 0. The van der Waals surface area contributed by atoms with Gasteiger partial charge in [0.15, 0.2) is 0 Å². The molecular formula is C12H21N. The van der Waals surface area contributed by atoms with Gasteiger partial charge in [-0.15, -0.1) is 12.3 Å². The van der Waals surface area contributed by atoms with Crippen LogP contribution in [0.5, 0.6) is 0 Å². The summed E-state index contributed by atoms with van der Waals surface area (Å²) in [5.74, 6) is 2.70. The second kappa shape index (κ2) is 4.67. The highest BCUT2D eigenvalue weighted by atomic mass is 15.1. The van der Waals surface area contributed by atoms with Crippen molar-refractivity contribution in [3.05, 3.63) is 0 Å². The van der Waals surface area contributed by atoms with Crippen LogP contribution in [0.3, 0.4) is 0 Å². The van der Waals surface area contributed by atoms with E-state index in [2.05, 4.69) is 24.7 Å². The van der Waals surface area contributed by atoms with E-state index in [9.17, 15) is 0 Å². The van der Waals surface area contributed by atoms with E-state index in [4.69, 9.17) is 6.42 Å². The molecule has 13 heavy (non-hydrogen) atoms. The topological polar surface area (TPSA) is 3.24 Å². The van der Waals surface area contributed by atoms with Crippen molar-refractivity contribution in [1.82, 2.24) is 4.90 Å². The Morgan fingerprint density at radius 1 is 1.46 bits per heavy atom. The van der Waals surface area contributed by atoms with Crippen LogP contribution >= 0.6 is 0 Å². The highest BCUT2D eigenvalue weighted by Crippen LogP contribution is 2.28. The Morgan fingerprint density at radius 2 is 2.23 bits per heavy atom. The molecule has 0 unspecified atom stereocenters. The standard InChI is InChI=1S/C12H21N/c1-4-5-6-9-13-10-7-8-12(2,3)11-13/h1H,5-11H2,2-3H3. The summed E-state index contributed by atoms with van der Waals surface area (Å²) in [7, 11) is 0. The summed E-state index contributed by atoms with van der Waals surface area (Å²) in [4.78, 5) is 2.56. The van der Waals surface area contributed by atoms with Crippen molar-refractivity contribution in [1.29, 1.82) is 0 Å². The van der Waals surface area contributed by atoms with Crippen molar-refractivity contribution in [2.45, 2.75) is 39.5 Å². The molecule has 0 aromatic rings. The molecule has 1 fully saturated rings. The predicted molar refractivity (Wildman–Crippen MR) is 57.5 cm³/mol. The average molecular weight is 179 g/mol. The molecule has 1 saturated heterocycles. The molecule has 1 heteroatoms. The Bertz CT molecular complexity index is 188. The molecule has 0 bridgehead atoms. The fourth-order valence-corrected chi connectivity index (χ4v) is 2.14. The third kappa shape index (κ3) is 3.83. The summed E-state index contributed by atoms with van der Waals surface area (Å²) in [6.45, 7) is 8.43. The Morgan fingerprint density at radius 3 is 2.85 bits per heavy atom. The van der Waals surface area contributed by atoms with Gasteiger partial charge < -0.3 is 4.90 Å². The summed E-state index contributed by atoms with van der Waals surface area (Å²) in [5, 5.41) is 0. The van der Waals surface area contributed by atoms with Gasteiger partial charge in [-0.25, -0.2) is 0 Å². The zero-order chi connectivity index (χ0) is 9.73. The number of rotatable bonds is 3. The predicted octanol–water partition coefficient (Wildman–Crippen LogP) is 2.52. The van der Waals surface area contributed by atoms with Crippen LogP contribution in [-0.2, 0) is 0 Å². The SMILES string of the molecule is C#CCCCN1CCCC(C)(C)C1. The first-order chi connectivity index (χ1) is 6.14. The van der Waals surface area contributed by atoms with Gasteiger partial charge in [0.05, 0.1) is 0 Å². The summed E-state index contributed by atoms with van der Waals surface area (Å²) in [6.07, 6.45) is 10.0. The summed E-state index contributed by atoms with van der Waals surface area (Å²) in [5.41, 5.74) is 0.522. The van der Waals surface area contributed by atoms with Gasteiger partial charge in [0, 0.05) is 13.0 Å². The van der Waals surface area contributed by atoms with Gasteiger partial charge in [0.25, 0.3) is 0 Å². The van der Waals surface area contributed by atoms with Crippen LogP contribution < -0.4 is 0 Å². The molecule has 1 nitrogen and oxygen atoms in total. The third-order valence-electron chi connectivity index (χ3n) is 2.77. The molecule has 1 rings (SSSR count). The van der Waals surface area contributed by atoms with E-state index >= 15 is 0 Å². The Balaban J connectivity index is 2.23. The number of likely N-dealkylation sites (tertiary alicyclic amines) is 1. The second-order valence-electron chi connectivity index (χ2n) is 4.85. The fourth-order valence-electron chi connectivity index (χ4n) is 2.14. The number of nitrogens with zero attached hydrogens (tertiary/aromatic N) is 1. The molecule has 1 aliphatic rings. The number of unbranched alkanes of at least 4 members (excludes halogenated alkanes) is 1. The van der Waals surface area contributed by atoms with E-state index in [1.165, 1.54) is 32.5 Å². The molecule has 0 atom stereocenters. The zero-order valence-corrected chi connectivity index (χ0v) is 8.97. The Kier molecular flexibility index (Phi) is 3.81. The lowest BCUT2D eigenvalue weighted by Gasteiger charge is -2.38. The maximum Gasteiger partial charge on any atom is 0.00982 e. The van der Waals surface area contributed by atoms with Crippen LogP contribution in [0.2, 0.25) is 0 Å². The lowest BCUT2D eigenvalue weighted by atomic mass is 9.84. The molecule has 1 heterocycles. The minimum Gasteiger partial charge on any atom is -0.303 e. The van der Waals surface area contributed by atoms with Gasteiger partial charge in [0.1, 0.15) is 0 Å². The second-order valence-corrected chi connectivity index (χ2v) is 4.85. The van der Waals surface area contributed by atoms with E-state index < -0.39 is 0 Å². The van der Waals surface area contributed by atoms with E-state index in [1.807, 2.05) is 0 Å². The molecule has 0 aliphatic carbocycles. The normalized spacial score (nSPS) is 22.5. The molecule has 0 amide bonds. The van der Waals surface area contributed by atoms with Crippen molar-refractivity contribution >= 4 is 0 Å². The first kappa shape index (κ1) is 10.6. The monoisotopic (exact) mass is 179 g/mol. The van der Waals surface area contributed by atoms with Gasteiger partial charge >= 0.3 is 0 Å². The van der Waals surface area contributed by atoms with Crippen molar-refractivity contribution in [2.24, 2.45) is 5.41 Å². The lowest BCUT2D eigenvalue weighted by molar-refractivity contribution is 0.117. The molecule has 0 radical (unpaired) electrons. The number of hydrogen-bond acceptors (Lipinski definition) is 1. The maximum atomic E-state index is 5.23. The minimum absolute atomic E-state index is 0.522. The molecular weight excluding hydrogens is 158 g/mol. The number of terminal acetylenes is 1. The molecule has 0 aromatic carbocycles. The largest absolute Gasteiger partial charge is 0.303 e. The van der Waals surface area contributed by atoms with Gasteiger partial charge in [-0.3, -0.25) is 0 Å². The Hall–Kier alpha value is -0.480. The zero-order valence-electron chi connectivity index (χ0n) is 8.97. The van der Waals surface area contributed by atoms with E-state index in [0.29, 0.717) is 5.41 Å². The van der Waals surface area contributed by atoms with Crippen molar-refractivity contribution in [2.75, 3.05) is 19.6 Å². The molecule has 0 saturated carbocycles. The smallest absolute Gasteiger partial charge is 0.00982 e. The molecule has 1 aliphatic heterocycles. The van der Waals surface area contributed by atoms with E-state index in [0.717, 1.165) is 12.8 Å². The molecule has 0 N–H and O–H groups in total. The fraction of sp³-hybridized carbons (Fsp3) is 0.833. The van der Waals surface area contributed by atoms with Crippen molar-refractivity contribution < 1.29 is 0 Å². The van der Waals surface area contributed by atoms with Gasteiger partial charge in [-0.1, -0.05) is 13.8 Å². The quantitative estimate of drug-likeness (QED) is 0.475. The lowest BCUT2D eigenvalue weighted by Crippen LogP contribution is -2.40. The van der Waals surface area contributed by atoms with Crippen LogP contribution in [0.25, 0.3) is 0 Å². The molecule has 74 valence electrons. The van der Waals surface area contributed by atoms with Crippen molar-refractivity contribution in [3.63, 3.8) is 0 Å². The van der Waals surface area contributed by atoms with Crippen LogP contribution in [0.4, 0.5) is 0 Å². The highest BCUT2D eigenvalue weighted by Gasteiger charge is 2.25. The van der Waals surface area contributed by atoms with Crippen molar-refractivity contribution in [3.8, 4) is 12.3 Å². The van der Waals surface area contributed by atoms with E-state index in [-0.39, 0.29) is 0 Å². The minimum atomic E-state index is 0.522. The van der Waals surface area contributed by atoms with E-state index in [1.54, 1.807) is 0 Å². The first-order valence-corrected chi connectivity index (χ1v) is 5.30. The van der Waals surface area contributed by atoms with Crippen LogP contribution in [-0.4, -0.2) is 24.5 Å². The summed E-state index contributed by atoms with van der Waals surface area (Å²) in [6, 6.07) is 0. The molecule has 0 spiro atoms. The van der Waals surface area contributed by atoms with Crippen LogP contribution in [0.1, 0.15) is 39.5 Å². The average Bonchev–Trinajstić information content (AvgIpc) is 2.03. The number of piperidine rings is 1. The van der Waals surface area contributed by atoms with Gasteiger partial charge in [-0.05, 0) is 37.8 Å². The van der Waals surface area contributed by atoms with Gasteiger partial charge in [0.2, 0.25) is 0 Å². The molecule has 0 aromatic heterocycles. The third-order valence-corrected chi connectivity index (χ3v) is 2.77. The highest BCUT2D eigenvalue weighted by molar-refractivity contribution is 4.85. The van der Waals surface area contributed by atoms with Gasteiger partial charge in [-0.2, -0.15) is 0 Å².